The summed E-state index contributed by atoms with van der Waals surface area (Å²) in [4.78, 5) is 0. The first kappa shape index (κ1) is 13.3. The summed E-state index contributed by atoms with van der Waals surface area (Å²) < 4.78 is 1.11. The van der Waals surface area contributed by atoms with Crippen LogP contribution in [0, 0.1) is 13.8 Å². The molecule has 1 atom stereocenters. The van der Waals surface area contributed by atoms with E-state index in [9.17, 15) is 0 Å². The standard InChI is InChI=1S/C16H18BrN/c1-11-4-5-12(2)15(10-11)16(18-3)13-6-8-14(17)9-7-13/h4-10,16,18H,1-3H3. The summed E-state index contributed by atoms with van der Waals surface area (Å²) in [5.74, 6) is 0. The van der Waals surface area contributed by atoms with Crippen molar-refractivity contribution in [1.29, 1.82) is 0 Å². The van der Waals surface area contributed by atoms with Gasteiger partial charge in [0.25, 0.3) is 0 Å². The first-order valence-corrected chi connectivity index (χ1v) is 6.91. The molecule has 0 saturated heterocycles. The highest BCUT2D eigenvalue weighted by atomic mass is 79.9. The molecule has 0 aromatic heterocycles. The molecule has 0 aliphatic rings. The van der Waals surface area contributed by atoms with Crippen molar-refractivity contribution in [3.63, 3.8) is 0 Å². The molecule has 0 fully saturated rings. The van der Waals surface area contributed by atoms with Crippen LogP contribution < -0.4 is 5.32 Å². The molecule has 94 valence electrons. The maximum absolute atomic E-state index is 3.48. The van der Waals surface area contributed by atoms with E-state index in [1.807, 2.05) is 7.05 Å². The van der Waals surface area contributed by atoms with Crippen molar-refractivity contribution >= 4 is 15.9 Å². The Bertz CT molecular complexity index is 531. The van der Waals surface area contributed by atoms with E-state index in [1.165, 1.54) is 22.3 Å². The van der Waals surface area contributed by atoms with Crippen molar-refractivity contribution in [1.82, 2.24) is 5.32 Å². The summed E-state index contributed by atoms with van der Waals surface area (Å²) >= 11 is 3.48. The van der Waals surface area contributed by atoms with Crippen LogP contribution in [0.1, 0.15) is 28.3 Å². The Morgan fingerprint density at radius 2 is 1.67 bits per heavy atom. The van der Waals surface area contributed by atoms with Gasteiger partial charge in [-0.05, 0) is 49.7 Å². The predicted molar refractivity (Wildman–Crippen MR) is 81.0 cm³/mol. The predicted octanol–water partition coefficient (Wildman–Crippen LogP) is 4.37. The third kappa shape index (κ3) is 2.82. The van der Waals surface area contributed by atoms with Crippen LogP contribution in [0.5, 0.6) is 0 Å². The molecule has 0 aliphatic heterocycles. The lowest BCUT2D eigenvalue weighted by atomic mass is 9.94. The smallest absolute Gasteiger partial charge is 0.0577 e. The van der Waals surface area contributed by atoms with E-state index in [2.05, 4.69) is 77.6 Å². The molecule has 0 heterocycles. The molecule has 1 nitrogen and oxygen atoms in total. The van der Waals surface area contributed by atoms with Crippen LogP contribution in [0.25, 0.3) is 0 Å². The minimum absolute atomic E-state index is 0.248. The quantitative estimate of drug-likeness (QED) is 0.887. The molecule has 0 bridgehead atoms. The molecular formula is C16H18BrN. The molecule has 0 amide bonds. The topological polar surface area (TPSA) is 12.0 Å². The van der Waals surface area contributed by atoms with Crippen LogP contribution in [0.2, 0.25) is 0 Å². The van der Waals surface area contributed by atoms with E-state index in [-0.39, 0.29) is 6.04 Å². The minimum atomic E-state index is 0.248. The van der Waals surface area contributed by atoms with Crippen LogP contribution >= 0.6 is 15.9 Å². The highest BCUT2D eigenvalue weighted by molar-refractivity contribution is 9.10. The van der Waals surface area contributed by atoms with Gasteiger partial charge in [0.1, 0.15) is 0 Å². The van der Waals surface area contributed by atoms with E-state index in [1.54, 1.807) is 0 Å². The van der Waals surface area contributed by atoms with E-state index < -0.39 is 0 Å². The van der Waals surface area contributed by atoms with Gasteiger partial charge in [-0.15, -0.1) is 0 Å². The van der Waals surface area contributed by atoms with Crippen molar-refractivity contribution in [3.05, 3.63) is 69.2 Å². The lowest BCUT2D eigenvalue weighted by Gasteiger charge is -2.20. The largest absolute Gasteiger partial charge is 0.309 e. The molecule has 2 heteroatoms. The molecular weight excluding hydrogens is 286 g/mol. The normalized spacial score (nSPS) is 12.4. The summed E-state index contributed by atoms with van der Waals surface area (Å²) in [6.45, 7) is 4.30. The van der Waals surface area contributed by atoms with Crippen molar-refractivity contribution in [3.8, 4) is 0 Å². The number of nitrogens with one attached hydrogen (secondary N) is 1. The van der Waals surface area contributed by atoms with Crippen molar-refractivity contribution < 1.29 is 0 Å². The SMILES string of the molecule is CNC(c1ccc(Br)cc1)c1cc(C)ccc1C. The van der Waals surface area contributed by atoms with E-state index in [0.717, 1.165) is 4.47 Å². The monoisotopic (exact) mass is 303 g/mol. The molecule has 2 rings (SSSR count). The molecule has 18 heavy (non-hydrogen) atoms. The Morgan fingerprint density at radius 1 is 1.00 bits per heavy atom. The maximum Gasteiger partial charge on any atom is 0.0577 e. The van der Waals surface area contributed by atoms with Crippen LogP contribution in [0.15, 0.2) is 46.9 Å². The average Bonchev–Trinajstić information content (AvgIpc) is 2.37. The number of hydrogen-bond acceptors (Lipinski definition) is 1. The molecule has 0 radical (unpaired) electrons. The van der Waals surface area contributed by atoms with Crippen molar-refractivity contribution in [2.75, 3.05) is 7.05 Å². The molecule has 0 saturated carbocycles. The fraction of sp³-hybridized carbons (Fsp3) is 0.250. The molecule has 1 N–H and O–H groups in total. The third-order valence-electron chi connectivity index (χ3n) is 3.24. The van der Waals surface area contributed by atoms with Gasteiger partial charge < -0.3 is 5.32 Å². The minimum Gasteiger partial charge on any atom is -0.309 e. The fourth-order valence-corrected chi connectivity index (χ4v) is 2.49. The lowest BCUT2D eigenvalue weighted by molar-refractivity contribution is 0.687. The highest BCUT2D eigenvalue weighted by Gasteiger charge is 2.14. The summed E-state index contributed by atoms with van der Waals surface area (Å²) in [7, 11) is 2.01. The number of halogens is 1. The van der Waals surface area contributed by atoms with E-state index in [0.29, 0.717) is 0 Å². The van der Waals surface area contributed by atoms with Gasteiger partial charge in [-0.1, -0.05) is 51.8 Å². The molecule has 0 aliphatic carbocycles. The van der Waals surface area contributed by atoms with Gasteiger partial charge in [0.05, 0.1) is 6.04 Å². The number of benzene rings is 2. The van der Waals surface area contributed by atoms with Gasteiger partial charge in [0, 0.05) is 4.47 Å². The van der Waals surface area contributed by atoms with Crippen molar-refractivity contribution in [2.45, 2.75) is 19.9 Å². The van der Waals surface area contributed by atoms with Gasteiger partial charge in [0.2, 0.25) is 0 Å². The Hall–Kier alpha value is -1.12. The van der Waals surface area contributed by atoms with Gasteiger partial charge in [-0.25, -0.2) is 0 Å². The Kier molecular flexibility index (Phi) is 4.20. The zero-order valence-corrected chi connectivity index (χ0v) is 12.6. The summed E-state index contributed by atoms with van der Waals surface area (Å²) in [6, 6.07) is 15.4. The van der Waals surface area contributed by atoms with Crippen LogP contribution in [0.3, 0.4) is 0 Å². The molecule has 2 aromatic rings. The Labute approximate surface area is 117 Å². The second-order valence-electron chi connectivity index (χ2n) is 4.63. The van der Waals surface area contributed by atoms with Crippen LogP contribution in [-0.4, -0.2) is 7.05 Å². The van der Waals surface area contributed by atoms with E-state index >= 15 is 0 Å². The fourth-order valence-electron chi connectivity index (χ4n) is 2.23. The molecule has 0 spiro atoms. The van der Waals surface area contributed by atoms with E-state index in [4.69, 9.17) is 0 Å². The Balaban J connectivity index is 2.44. The number of rotatable bonds is 3. The second kappa shape index (κ2) is 5.68. The third-order valence-corrected chi connectivity index (χ3v) is 3.77. The number of aryl methyl sites for hydroxylation is 2. The van der Waals surface area contributed by atoms with Crippen molar-refractivity contribution in [2.24, 2.45) is 0 Å². The van der Waals surface area contributed by atoms with Gasteiger partial charge in [-0.3, -0.25) is 0 Å². The van der Waals surface area contributed by atoms with Gasteiger partial charge >= 0.3 is 0 Å². The first-order chi connectivity index (χ1) is 8.61. The summed E-state index contributed by atoms with van der Waals surface area (Å²) in [6.07, 6.45) is 0. The molecule has 1 unspecified atom stereocenters. The maximum atomic E-state index is 3.48. The van der Waals surface area contributed by atoms with Crippen LogP contribution in [0.4, 0.5) is 0 Å². The highest BCUT2D eigenvalue weighted by Crippen LogP contribution is 2.26. The zero-order valence-electron chi connectivity index (χ0n) is 11.0. The van der Waals surface area contributed by atoms with Gasteiger partial charge in [0.15, 0.2) is 0 Å². The van der Waals surface area contributed by atoms with Crippen LogP contribution in [-0.2, 0) is 0 Å². The molecule has 2 aromatic carbocycles. The number of hydrogen-bond donors (Lipinski definition) is 1. The Morgan fingerprint density at radius 3 is 2.28 bits per heavy atom. The lowest BCUT2D eigenvalue weighted by Crippen LogP contribution is -2.18. The average molecular weight is 304 g/mol. The first-order valence-electron chi connectivity index (χ1n) is 6.11. The second-order valence-corrected chi connectivity index (χ2v) is 5.55. The summed E-state index contributed by atoms with van der Waals surface area (Å²) in [5.41, 5.74) is 5.25. The summed E-state index contributed by atoms with van der Waals surface area (Å²) in [5, 5.41) is 3.41. The van der Waals surface area contributed by atoms with Gasteiger partial charge in [-0.2, -0.15) is 0 Å². The zero-order chi connectivity index (χ0) is 13.1.